The van der Waals surface area contributed by atoms with Crippen LogP contribution in [0.3, 0.4) is 0 Å². The summed E-state index contributed by atoms with van der Waals surface area (Å²) in [6.45, 7) is 1.39. The summed E-state index contributed by atoms with van der Waals surface area (Å²) in [5.74, 6) is 0.396. The van der Waals surface area contributed by atoms with E-state index in [1.165, 1.54) is 7.11 Å². The summed E-state index contributed by atoms with van der Waals surface area (Å²) in [6, 6.07) is 8.85. The van der Waals surface area contributed by atoms with Gasteiger partial charge >= 0.3 is 5.97 Å². The van der Waals surface area contributed by atoms with E-state index in [1.807, 2.05) is 12.1 Å². The number of rotatable bonds is 4. The van der Waals surface area contributed by atoms with Gasteiger partial charge in [0.2, 0.25) is 0 Å². The zero-order valence-electron chi connectivity index (χ0n) is 15.2. The Bertz CT molecular complexity index is 1020. The van der Waals surface area contributed by atoms with Crippen molar-refractivity contribution in [2.24, 2.45) is 0 Å². The fraction of sp³-hybridized carbons (Fsp3) is 0.300. The Labute approximate surface area is 155 Å². The minimum atomic E-state index is -0.378. The van der Waals surface area contributed by atoms with Crippen LogP contribution < -0.4 is 0 Å². The molecule has 1 aliphatic heterocycles. The lowest BCUT2D eigenvalue weighted by atomic mass is 10.0. The summed E-state index contributed by atoms with van der Waals surface area (Å²) in [6.07, 6.45) is 0.717. The van der Waals surface area contributed by atoms with Crippen molar-refractivity contribution in [3.05, 3.63) is 58.7 Å². The first-order valence-electron chi connectivity index (χ1n) is 8.69. The van der Waals surface area contributed by atoms with Crippen LogP contribution in [-0.4, -0.2) is 42.5 Å². The quantitative estimate of drug-likeness (QED) is 0.716. The van der Waals surface area contributed by atoms with Crippen molar-refractivity contribution in [3.8, 4) is 0 Å². The van der Waals surface area contributed by atoms with Crippen molar-refractivity contribution in [2.75, 3.05) is 20.8 Å². The molecule has 1 aliphatic rings. The van der Waals surface area contributed by atoms with Crippen LogP contribution in [0.2, 0.25) is 0 Å². The van der Waals surface area contributed by atoms with Gasteiger partial charge in [0.05, 0.1) is 12.7 Å². The van der Waals surface area contributed by atoms with Crippen LogP contribution in [-0.2, 0) is 29.0 Å². The number of carbonyl (C=O) groups is 2. The lowest BCUT2D eigenvalue weighted by Crippen LogP contribution is -2.35. The van der Waals surface area contributed by atoms with E-state index in [0.717, 1.165) is 28.6 Å². The van der Waals surface area contributed by atoms with Gasteiger partial charge in [0, 0.05) is 48.8 Å². The second-order valence-corrected chi connectivity index (χ2v) is 6.51. The van der Waals surface area contributed by atoms with Crippen molar-refractivity contribution in [3.63, 3.8) is 0 Å². The molecule has 0 aliphatic carbocycles. The zero-order valence-corrected chi connectivity index (χ0v) is 15.2. The first-order chi connectivity index (χ1) is 13.1. The smallest absolute Gasteiger partial charge is 0.337 e. The SMILES string of the molecule is COCc1ccc(C(=O)N2CCc3[nH]c4ccc(C(=O)OC)cc4c3C2)o1. The summed E-state index contributed by atoms with van der Waals surface area (Å²) in [7, 11) is 2.94. The molecular formula is C20H20N2O5. The number of nitrogens with one attached hydrogen (secondary N) is 1. The minimum Gasteiger partial charge on any atom is -0.465 e. The predicted octanol–water partition coefficient (Wildman–Crippen LogP) is 2.89. The van der Waals surface area contributed by atoms with Gasteiger partial charge in [0.25, 0.3) is 5.91 Å². The summed E-state index contributed by atoms with van der Waals surface area (Å²) in [5, 5.41) is 0.935. The fourth-order valence-electron chi connectivity index (χ4n) is 3.50. The molecule has 4 rings (SSSR count). The topological polar surface area (TPSA) is 84.8 Å². The van der Waals surface area contributed by atoms with Crippen LogP contribution in [0.25, 0.3) is 10.9 Å². The molecule has 1 aromatic carbocycles. The number of amides is 1. The summed E-state index contributed by atoms with van der Waals surface area (Å²) in [5.41, 5.74) is 3.56. The molecule has 0 radical (unpaired) electrons. The van der Waals surface area contributed by atoms with Crippen LogP contribution in [0.15, 0.2) is 34.7 Å². The molecule has 3 heterocycles. The van der Waals surface area contributed by atoms with E-state index in [-0.39, 0.29) is 11.9 Å². The van der Waals surface area contributed by atoms with Gasteiger partial charge in [-0.05, 0) is 30.3 Å². The van der Waals surface area contributed by atoms with Crippen molar-refractivity contribution in [2.45, 2.75) is 19.6 Å². The van der Waals surface area contributed by atoms with E-state index < -0.39 is 0 Å². The van der Waals surface area contributed by atoms with Crippen molar-refractivity contribution in [1.82, 2.24) is 9.88 Å². The predicted molar refractivity (Wildman–Crippen MR) is 97.5 cm³/mol. The van der Waals surface area contributed by atoms with Crippen LogP contribution >= 0.6 is 0 Å². The fourth-order valence-corrected chi connectivity index (χ4v) is 3.50. The van der Waals surface area contributed by atoms with E-state index in [2.05, 4.69) is 4.98 Å². The summed E-state index contributed by atoms with van der Waals surface area (Å²) in [4.78, 5) is 29.8. The Morgan fingerprint density at radius 3 is 2.85 bits per heavy atom. The van der Waals surface area contributed by atoms with Gasteiger partial charge in [-0.3, -0.25) is 4.79 Å². The lowest BCUT2D eigenvalue weighted by molar-refractivity contribution is 0.0600. The third-order valence-electron chi connectivity index (χ3n) is 4.84. The molecule has 140 valence electrons. The first kappa shape index (κ1) is 17.4. The van der Waals surface area contributed by atoms with E-state index in [1.54, 1.807) is 30.2 Å². The molecule has 1 N–H and O–H groups in total. The third kappa shape index (κ3) is 3.10. The maximum Gasteiger partial charge on any atom is 0.337 e. The Kier molecular flexibility index (Phi) is 4.45. The minimum absolute atomic E-state index is 0.151. The molecule has 0 fully saturated rings. The number of ether oxygens (including phenoxy) is 2. The Hall–Kier alpha value is -3.06. The van der Waals surface area contributed by atoms with Crippen LogP contribution in [0.4, 0.5) is 0 Å². The van der Waals surface area contributed by atoms with Gasteiger partial charge in [0.1, 0.15) is 12.4 Å². The second-order valence-electron chi connectivity index (χ2n) is 6.51. The molecule has 7 heteroatoms. The number of benzene rings is 1. The van der Waals surface area contributed by atoms with Crippen molar-refractivity contribution >= 4 is 22.8 Å². The maximum absolute atomic E-state index is 12.8. The first-order valence-corrected chi connectivity index (χ1v) is 8.69. The lowest BCUT2D eigenvalue weighted by Gasteiger charge is -2.26. The molecule has 0 atom stereocenters. The molecule has 27 heavy (non-hydrogen) atoms. The molecule has 1 amide bonds. The molecular weight excluding hydrogens is 348 g/mol. The number of esters is 1. The normalized spacial score (nSPS) is 13.6. The average Bonchev–Trinajstić information content (AvgIpc) is 3.30. The summed E-state index contributed by atoms with van der Waals surface area (Å²) >= 11 is 0. The van der Waals surface area contributed by atoms with Gasteiger partial charge in [-0.15, -0.1) is 0 Å². The number of aromatic amines is 1. The zero-order chi connectivity index (χ0) is 19.0. The maximum atomic E-state index is 12.8. The standard InChI is InChI=1S/C20H20N2O5/c1-25-11-13-4-6-18(27-13)19(23)22-8-7-17-15(10-22)14-9-12(20(24)26-2)3-5-16(14)21-17/h3-6,9,21H,7-8,10-11H2,1-2H3. The molecule has 0 saturated heterocycles. The Morgan fingerprint density at radius 1 is 1.22 bits per heavy atom. The number of carbonyl (C=O) groups excluding carboxylic acids is 2. The van der Waals surface area contributed by atoms with Gasteiger partial charge in [-0.1, -0.05) is 0 Å². The number of methoxy groups -OCH3 is 2. The molecule has 0 bridgehead atoms. The van der Waals surface area contributed by atoms with E-state index >= 15 is 0 Å². The molecule has 3 aromatic rings. The van der Waals surface area contributed by atoms with Crippen molar-refractivity contribution in [1.29, 1.82) is 0 Å². The summed E-state index contributed by atoms with van der Waals surface area (Å²) < 4.78 is 15.4. The number of furan rings is 1. The van der Waals surface area contributed by atoms with E-state index in [0.29, 0.717) is 36.8 Å². The van der Waals surface area contributed by atoms with Crippen LogP contribution in [0, 0.1) is 0 Å². The monoisotopic (exact) mass is 368 g/mol. The Morgan fingerprint density at radius 2 is 2.07 bits per heavy atom. The van der Waals surface area contributed by atoms with Gasteiger partial charge in [-0.2, -0.15) is 0 Å². The number of fused-ring (bicyclic) bond motifs is 3. The Balaban J connectivity index is 1.62. The third-order valence-corrected chi connectivity index (χ3v) is 4.84. The van der Waals surface area contributed by atoms with Gasteiger partial charge in [0.15, 0.2) is 5.76 Å². The van der Waals surface area contributed by atoms with Crippen molar-refractivity contribution < 1.29 is 23.5 Å². The highest BCUT2D eigenvalue weighted by Gasteiger charge is 2.27. The molecule has 2 aromatic heterocycles. The highest BCUT2D eigenvalue weighted by molar-refractivity contribution is 5.97. The molecule has 0 unspecified atom stereocenters. The van der Waals surface area contributed by atoms with E-state index in [4.69, 9.17) is 13.9 Å². The number of hydrogen-bond acceptors (Lipinski definition) is 5. The average molecular weight is 368 g/mol. The molecule has 0 saturated carbocycles. The number of nitrogens with zero attached hydrogens (tertiary/aromatic N) is 1. The second kappa shape index (κ2) is 6.92. The number of aromatic nitrogens is 1. The molecule has 0 spiro atoms. The largest absolute Gasteiger partial charge is 0.465 e. The van der Waals surface area contributed by atoms with Crippen LogP contribution in [0.5, 0.6) is 0 Å². The highest BCUT2D eigenvalue weighted by Crippen LogP contribution is 2.29. The highest BCUT2D eigenvalue weighted by atomic mass is 16.5. The van der Waals surface area contributed by atoms with Gasteiger partial charge in [-0.25, -0.2) is 4.79 Å². The molecule has 7 nitrogen and oxygen atoms in total. The number of H-pyrrole nitrogens is 1. The van der Waals surface area contributed by atoms with Gasteiger partial charge < -0.3 is 23.8 Å². The number of hydrogen-bond donors (Lipinski definition) is 1. The van der Waals surface area contributed by atoms with E-state index in [9.17, 15) is 9.59 Å². The van der Waals surface area contributed by atoms with Crippen LogP contribution in [0.1, 0.15) is 37.9 Å².